The Labute approximate surface area is 224 Å². The smallest absolute Gasteiger partial charge is 0.333 e. The van der Waals surface area contributed by atoms with Gasteiger partial charge >= 0.3 is 11.9 Å². The van der Waals surface area contributed by atoms with Crippen molar-refractivity contribution in [2.45, 2.75) is 13.0 Å². The van der Waals surface area contributed by atoms with Crippen molar-refractivity contribution in [2.24, 2.45) is 0 Å². The fraction of sp³-hybridized carbons (Fsp3) is 0.760. The molecule has 0 aliphatic heterocycles. The van der Waals surface area contributed by atoms with Gasteiger partial charge in [-0.1, -0.05) is 13.2 Å². The summed E-state index contributed by atoms with van der Waals surface area (Å²) in [5.74, 6) is -1.88. The van der Waals surface area contributed by atoms with Gasteiger partial charge in [0, 0.05) is 5.57 Å². The van der Waals surface area contributed by atoms with Crippen LogP contribution in [0.25, 0.3) is 0 Å². The number of carbonyl (C=O) groups is 2. The molecular weight excluding hydrogens is 508 g/mol. The second-order valence-electron chi connectivity index (χ2n) is 7.58. The first-order valence-corrected chi connectivity index (χ1v) is 12.4. The number of carboxylic acids is 1. The quantitative estimate of drug-likeness (QED) is 0.0739. The van der Waals surface area contributed by atoms with Gasteiger partial charge in [0.05, 0.1) is 111 Å². The monoisotopic (exact) mass is 552 g/mol. The summed E-state index contributed by atoms with van der Waals surface area (Å²) in [5, 5.41) is 17.6. The molecule has 13 nitrogen and oxygen atoms in total. The van der Waals surface area contributed by atoms with Crippen LogP contribution in [0.15, 0.2) is 24.3 Å². The third-order valence-corrected chi connectivity index (χ3v) is 4.39. The zero-order valence-electron chi connectivity index (χ0n) is 22.4. The molecule has 0 fully saturated rings. The van der Waals surface area contributed by atoms with Crippen LogP contribution in [-0.2, 0) is 52.2 Å². The summed E-state index contributed by atoms with van der Waals surface area (Å²) in [6.45, 7) is 13.9. The lowest BCUT2D eigenvalue weighted by Gasteiger charge is -2.18. The van der Waals surface area contributed by atoms with Gasteiger partial charge in [0.15, 0.2) is 0 Å². The molecule has 0 bridgehead atoms. The van der Waals surface area contributed by atoms with Crippen molar-refractivity contribution < 1.29 is 62.4 Å². The molecule has 0 radical (unpaired) electrons. The normalized spacial score (nSPS) is 11.8. The fourth-order valence-electron chi connectivity index (χ4n) is 2.40. The molecule has 0 aromatic rings. The zero-order chi connectivity index (χ0) is 28.3. The minimum absolute atomic E-state index is 0.00864. The van der Waals surface area contributed by atoms with E-state index in [2.05, 4.69) is 13.2 Å². The van der Waals surface area contributed by atoms with Gasteiger partial charge < -0.3 is 52.8 Å². The number of aliphatic hydroxyl groups excluding tert-OH is 1. The summed E-state index contributed by atoms with van der Waals surface area (Å²) in [6, 6.07) is 0. The number of esters is 1. The largest absolute Gasteiger partial charge is 0.478 e. The number of carboxylic acid groups (broad SMARTS) is 1. The molecule has 0 heterocycles. The van der Waals surface area contributed by atoms with Gasteiger partial charge in [-0.3, -0.25) is 0 Å². The lowest BCUT2D eigenvalue weighted by Crippen LogP contribution is -2.29. The van der Waals surface area contributed by atoms with Gasteiger partial charge in [0.1, 0.15) is 12.7 Å². The van der Waals surface area contributed by atoms with Crippen molar-refractivity contribution in [3.05, 3.63) is 24.3 Å². The van der Waals surface area contributed by atoms with E-state index in [0.29, 0.717) is 85.9 Å². The Morgan fingerprint density at radius 1 is 0.632 bits per heavy atom. The summed E-state index contributed by atoms with van der Waals surface area (Å²) in [5.41, 5.74) is -0.0225. The molecule has 0 amide bonds. The minimum Gasteiger partial charge on any atom is -0.478 e. The lowest BCUT2D eigenvalue weighted by atomic mass is 10.2. The molecule has 2 N–H and O–H groups in total. The highest BCUT2D eigenvalue weighted by molar-refractivity contribution is 5.88. The van der Waals surface area contributed by atoms with E-state index in [4.69, 9.17) is 52.8 Å². The van der Waals surface area contributed by atoms with Crippen molar-refractivity contribution in [2.75, 3.05) is 112 Å². The predicted molar refractivity (Wildman–Crippen MR) is 135 cm³/mol. The van der Waals surface area contributed by atoms with Gasteiger partial charge in [-0.15, -0.1) is 0 Å². The Morgan fingerprint density at radius 2 is 0.974 bits per heavy atom. The second kappa shape index (κ2) is 26.7. The van der Waals surface area contributed by atoms with Crippen LogP contribution in [0.4, 0.5) is 0 Å². The standard InChI is InChI=1S/C25H44O13/c1-21(2)25(29)38-20-23(22(3)24(27)28)37-19-18-36-17-16-35-15-14-34-13-12-33-11-10-32-9-8-31-7-6-30-5-4-26/h23,26H,1,3-20H2,2H3,(H,27,28). The first kappa shape index (κ1) is 36.1. The molecule has 0 aromatic carbocycles. The molecule has 0 aliphatic carbocycles. The molecule has 0 saturated heterocycles. The van der Waals surface area contributed by atoms with Crippen LogP contribution in [-0.4, -0.2) is 141 Å². The van der Waals surface area contributed by atoms with E-state index in [-0.39, 0.29) is 37.6 Å². The Kier molecular flexibility index (Phi) is 25.3. The highest BCUT2D eigenvalue weighted by Crippen LogP contribution is 2.07. The van der Waals surface area contributed by atoms with E-state index in [1.54, 1.807) is 0 Å². The van der Waals surface area contributed by atoms with Crippen LogP contribution in [0.2, 0.25) is 0 Å². The van der Waals surface area contributed by atoms with E-state index in [1.807, 2.05) is 0 Å². The molecule has 0 saturated carbocycles. The number of carbonyl (C=O) groups excluding carboxylic acids is 1. The number of rotatable bonds is 29. The highest BCUT2D eigenvalue weighted by Gasteiger charge is 2.21. The van der Waals surface area contributed by atoms with Gasteiger partial charge in [-0.2, -0.15) is 0 Å². The van der Waals surface area contributed by atoms with Crippen molar-refractivity contribution in [1.82, 2.24) is 0 Å². The van der Waals surface area contributed by atoms with E-state index in [1.165, 1.54) is 6.92 Å². The molecule has 0 aliphatic rings. The number of hydrogen-bond donors (Lipinski definition) is 2. The van der Waals surface area contributed by atoms with E-state index >= 15 is 0 Å². The third-order valence-electron chi connectivity index (χ3n) is 4.39. The predicted octanol–water partition coefficient (Wildman–Crippen LogP) is 0.240. The zero-order valence-corrected chi connectivity index (χ0v) is 22.4. The Morgan fingerprint density at radius 3 is 1.29 bits per heavy atom. The van der Waals surface area contributed by atoms with Crippen molar-refractivity contribution in [1.29, 1.82) is 0 Å². The topological polar surface area (TPSA) is 158 Å². The maximum atomic E-state index is 11.5. The molecule has 13 heteroatoms. The number of aliphatic carboxylic acids is 1. The van der Waals surface area contributed by atoms with Crippen LogP contribution in [0.3, 0.4) is 0 Å². The average molecular weight is 553 g/mol. The van der Waals surface area contributed by atoms with Gasteiger partial charge in [-0.05, 0) is 6.92 Å². The van der Waals surface area contributed by atoms with Crippen LogP contribution in [0.1, 0.15) is 6.92 Å². The third kappa shape index (κ3) is 23.2. The summed E-state index contributed by atoms with van der Waals surface area (Å²) < 4.78 is 47.7. The van der Waals surface area contributed by atoms with E-state index < -0.39 is 18.0 Å². The second-order valence-corrected chi connectivity index (χ2v) is 7.58. The van der Waals surface area contributed by atoms with Crippen LogP contribution in [0.5, 0.6) is 0 Å². The summed E-state index contributed by atoms with van der Waals surface area (Å²) >= 11 is 0. The lowest BCUT2D eigenvalue weighted by molar-refractivity contribution is -0.145. The molecule has 0 spiro atoms. The van der Waals surface area contributed by atoms with Gasteiger partial charge in [-0.25, -0.2) is 9.59 Å². The van der Waals surface area contributed by atoms with Crippen LogP contribution < -0.4 is 0 Å². The summed E-state index contributed by atoms with van der Waals surface area (Å²) in [4.78, 5) is 22.6. The summed E-state index contributed by atoms with van der Waals surface area (Å²) in [7, 11) is 0. The van der Waals surface area contributed by atoms with Crippen molar-refractivity contribution in [3.63, 3.8) is 0 Å². The van der Waals surface area contributed by atoms with Crippen LogP contribution >= 0.6 is 0 Å². The number of aliphatic hydroxyl groups is 1. The first-order valence-electron chi connectivity index (χ1n) is 12.4. The Bertz CT molecular complexity index is 626. The van der Waals surface area contributed by atoms with E-state index in [0.717, 1.165) is 0 Å². The molecule has 38 heavy (non-hydrogen) atoms. The first-order chi connectivity index (χ1) is 18.4. The SMILES string of the molecule is C=C(C)C(=O)OCC(OCCOCCOCCOCCOCCOCCOCCOCCO)C(=C)C(=O)O. The maximum absolute atomic E-state index is 11.5. The van der Waals surface area contributed by atoms with Gasteiger partial charge in [0.25, 0.3) is 0 Å². The minimum atomic E-state index is -1.24. The van der Waals surface area contributed by atoms with Crippen molar-refractivity contribution >= 4 is 11.9 Å². The molecule has 0 rings (SSSR count). The number of hydrogen-bond acceptors (Lipinski definition) is 12. The van der Waals surface area contributed by atoms with Crippen LogP contribution in [0, 0.1) is 0 Å². The number of ether oxygens (including phenoxy) is 9. The fourth-order valence-corrected chi connectivity index (χ4v) is 2.40. The Balaban J connectivity index is 3.46. The molecule has 0 aromatic heterocycles. The average Bonchev–Trinajstić information content (AvgIpc) is 2.90. The highest BCUT2D eigenvalue weighted by atomic mass is 16.6. The van der Waals surface area contributed by atoms with Gasteiger partial charge in [0.2, 0.25) is 0 Å². The van der Waals surface area contributed by atoms with Crippen molar-refractivity contribution in [3.8, 4) is 0 Å². The molecular formula is C25H44O13. The molecule has 222 valence electrons. The molecule has 1 atom stereocenters. The molecule has 1 unspecified atom stereocenters. The van der Waals surface area contributed by atoms with E-state index in [9.17, 15) is 9.59 Å². The maximum Gasteiger partial charge on any atom is 0.333 e. The Hall–Kier alpha value is -1.94. The summed E-state index contributed by atoms with van der Waals surface area (Å²) in [6.07, 6.45) is -0.988.